The third-order valence-corrected chi connectivity index (χ3v) is 3.79. The highest BCUT2D eigenvalue weighted by atomic mass is 16.5. The number of aromatic amines is 1. The van der Waals surface area contributed by atoms with Gasteiger partial charge in [0.15, 0.2) is 0 Å². The second kappa shape index (κ2) is 8.66. The summed E-state index contributed by atoms with van der Waals surface area (Å²) < 4.78 is 10.7. The van der Waals surface area contributed by atoms with E-state index >= 15 is 0 Å². The molecule has 138 valence electrons. The van der Waals surface area contributed by atoms with Crippen LogP contribution in [0.2, 0.25) is 0 Å². The number of ether oxygens (including phenoxy) is 2. The van der Waals surface area contributed by atoms with Gasteiger partial charge in [-0.05, 0) is 49.4 Å². The summed E-state index contributed by atoms with van der Waals surface area (Å²) in [6.45, 7) is 2.55. The Morgan fingerprint density at radius 3 is 2.74 bits per heavy atom. The van der Waals surface area contributed by atoms with Crippen LogP contribution in [0.4, 0.5) is 0 Å². The lowest BCUT2D eigenvalue weighted by atomic mass is 10.1. The van der Waals surface area contributed by atoms with E-state index < -0.39 is 0 Å². The molecule has 1 aromatic heterocycles. The zero-order valence-corrected chi connectivity index (χ0v) is 15.1. The molecule has 1 heterocycles. The number of hydrazone groups is 1. The lowest BCUT2D eigenvalue weighted by molar-refractivity contribution is 0.0950. The van der Waals surface area contributed by atoms with Gasteiger partial charge in [-0.25, -0.2) is 5.43 Å². The zero-order chi connectivity index (χ0) is 19.1. The fourth-order valence-electron chi connectivity index (χ4n) is 2.47. The van der Waals surface area contributed by atoms with Gasteiger partial charge in [0.1, 0.15) is 17.2 Å². The number of para-hydroxylation sites is 1. The number of nitrogens with one attached hydrogen (secondary N) is 2. The summed E-state index contributed by atoms with van der Waals surface area (Å²) in [7, 11) is 1.58. The van der Waals surface area contributed by atoms with Gasteiger partial charge >= 0.3 is 0 Å². The van der Waals surface area contributed by atoms with E-state index in [9.17, 15) is 4.79 Å². The molecule has 0 aliphatic carbocycles. The number of nitrogens with zero attached hydrogens (tertiary/aromatic N) is 2. The van der Waals surface area contributed by atoms with Crippen molar-refractivity contribution in [3.8, 4) is 22.8 Å². The monoisotopic (exact) mass is 364 g/mol. The molecule has 0 atom stereocenters. The molecule has 2 N–H and O–H groups in total. The van der Waals surface area contributed by atoms with Crippen molar-refractivity contribution in [3.63, 3.8) is 0 Å². The number of amides is 1. The predicted molar refractivity (Wildman–Crippen MR) is 103 cm³/mol. The minimum absolute atomic E-state index is 0.316. The number of carbonyl (C=O) groups is 1. The first kappa shape index (κ1) is 18.2. The van der Waals surface area contributed by atoms with E-state index in [0.29, 0.717) is 23.7 Å². The maximum absolute atomic E-state index is 12.2. The Bertz CT molecular complexity index is 932. The highest BCUT2D eigenvalue weighted by Gasteiger charge is 2.10. The Kier molecular flexibility index (Phi) is 5.84. The minimum atomic E-state index is -0.383. The van der Waals surface area contributed by atoms with Gasteiger partial charge in [0.25, 0.3) is 5.91 Å². The quantitative estimate of drug-likeness (QED) is 0.497. The van der Waals surface area contributed by atoms with Gasteiger partial charge in [0.2, 0.25) is 0 Å². The zero-order valence-electron chi connectivity index (χ0n) is 15.1. The van der Waals surface area contributed by atoms with E-state index in [-0.39, 0.29) is 5.91 Å². The van der Waals surface area contributed by atoms with Crippen molar-refractivity contribution >= 4 is 12.1 Å². The predicted octanol–water partition coefficient (Wildman–Crippen LogP) is 3.25. The summed E-state index contributed by atoms with van der Waals surface area (Å²) >= 11 is 0. The first-order valence-corrected chi connectivity index (χ1v) is 8.46. The number of aromatic nitrogens is 2. The Balaban J connectivity index is 1.65. The Labute approximate surface area is 157 Å². The Morgan fingerprint density at radius 1 is 1.22 bits per heavy atom. The van der Waals surface area contributed by atoms with Crippen LogP contribution in [0, 0.1) is 0 Å². The van der Waals surface area contributed by atoms with Gasteiger partial charge in [0.05, 0.1) is 25.6 Å². The summed E-state index contributed by atoms with van der Waals surface area (Å²) in [5.74, 6) is 1.08. The SMILES string of the molecule is CCOc1ccc(-c2cc(C(=O)N/N=C/c3ccccc3OC)[nH]n2)cc1. The van der Waals surface area contributed by atoms with Crippen molar-refractivity contribution in [2.45, 2.75) is 6.92 Å². The third-order valence-electron chi connectivity index (χ3n) is 3.79. The van der Waals surface area contributed by atoms with Crippen LogP contribution in [0.25, 0.3) is 11.3 Å². The van der Waals surface area contributed by atoms with Crippen LogP contribution in [-0.2, 0) is 0 Å². The molecule has 0 spiro atoms. The van der Waals surface area contributed by atoms with Crippen molar-refractivity contribution in [2.75, 3.05) is 13.7 Å². The lowest BCUT2D eigenvalue weighted by Crippen LogP contribution is -2.18. The molecule has 2 aromatic carbocycles. The van der Waals surface area contributed by atoms with E-state index in [1.54, 1.807) is 13.2 Å². The van der Waals surface area contributed by atoms with Crippen LogP contribution < -0.4 is 14.9 Å². The second-order valence-corrected chi connectivity index (χ2v) is 5.57. The van der Waals surface area contributed by atoms with E-state index in [1.165, 1.54) is 6.21 Å². The molecule has 0 saturated carbocycles. The van der Waals surface area contributed by atoms with Crippen LogP contribution in [0.5, 0.6) is 11.5 Å². The number of rotatable bonds is 7. The molecular formula is C20H20N4O3. The summed E-state index contributed by atoms with van der Waals surface area (Å²) in [5.41, 5.74) is 5.10. The molecule has 27 heavy (non-hydrogen) atoms. The van der Waals surface area contributed by atoms with E-state index in [1.807, 2.05) is 55.5 Å². The first-order valence-electron chi connectivity index (χ1n) is 8.46. The van der Waals surface area contributed by atoms with Gasteiger partial charge in [-0.3, -0.25) is 9.89 Å². The molecule has 0 radical (unpaired) electrons. The number of benzene rings is 2. The van der Waals surface area contributed by atoms with E-state index in [0.717, 1.165) is 16.9 Å². The Hall–Kier alpha value is -3.61. The fourth-order valence-corrected chi connectivity index (χ4v) is 2.47. The van der Waals surface area contributed by atoms with Crippen LogP contribution in [0.15, 0.2) is 59.7 Å². The van der Waals surface area contributed by atoms with Crippen LogP contribution in [0.1, 0.15) is 23.0 Å². The summed E-state index contributed by atoms with van der Waals surface area (Å²) in [6, 6.07) is 16.6. The molecule has 0 aliphatic rings. The summed E-state index contributed by atoms with van der Waals surface area (Å²) in [5, 5.41) is 10.9. The standard InChI is InChI=1S/C20H20N4O3/c1-3-27-16-10-8-14(9-11-16)17-12-18(23-22-17)20(25)24-21-13-15-6-4-5-7-19(15)26-2/h4-13H,3H2,1-2H3,(H,22,23)(H,24,25)/b21-13+. The summed E-state index contributed by atoms with van der Waals surface area (Å²) in [4.78, 5) is 12.2. The largest absolute Gasteiger partial charge is 0.496 e. The van der Waals surface area contributed by atoms with Crippen molar-refractivity contribution in [1.82, 2.24) is 15.6 Å². The molecule has 1 amide bonds. The van der Waals surface area contributed by atoms with Crippen LogP contribution in [0.3, 0.4) is 0 Å². The fraction of sp³-hybridized carbons (Fsp3) is 0.150. The number of H-pyrrole nitrogens is 1. The highest BCUT2D eigenvalue weighted by Crippen LogP contribution is 2.21. The average Bonchev–Trinajstić information content (AvgIpc) is 3.19. The van der Waals surface area contributed by atoms with E-state index in [2.05, 4.69) is 20.7 Å². The molecule has 0 fully saturated rings. The Morgan fingerprint density at radius 2 is 2.00 bits per heavy atom. The molecule has 0 unspecified atom stereocenters. The molecule has 0 aliphatic heterocycles. The molecule has 7 heteroatoms. The number of carbonyl (C=O) groups excluding carboxylic acids is 1. The van der Waals surface area contributed by atoms with Gasteiger partial charge in [0, 0.05) is 11.1 Å². The number of hydrogen-bond acceptors (Lipinski definition) is 5. The van der Waals surface area contributed by atoms with Gasteiger partial charge in [-0.2, -0.15) is 10.2 Å². The van der Waals surface area contributed by atoms with Gasteiger partial charge in [-0.15, -0.1) is 0 Å². The van der Waals surface area contributed by atoms with Crippen molar-refractivity contribution in [3.05, 3.63) is 65.9 Å². The van der Waals surface area contributed by atoms with E-state index in [4.69, 9.17) is 9.47 Å². The lowest BCUT2D eigenvalue weighted by Gasteiger charge is -2.03. The maximum Gasteiger partial charge on any atom is 0.289 e. The van der Waals surface area contributed by atoms with Gasteiger partial charge < -0.3 is 9.47 Å². The molecule has 3 rings (SSSR count). The van der Waals surface area contributed by atoms with Crippen molar-refractivity contribution < 1.29 is 14.3 Å². The molecule has 0 bridgehead atoms. The van der Waals surface area contributed by atoms with Crippen molar-refractivity contribution in [2.24, 2.45) is 5.10 Å². The maximum atomic E-state index is 12.2. The topological polar surface area (TPSA) is 88.6 Å². The highest BCUT2D eigenvalue weighted by molar-refractivity contribution is 5.94. The van der Waals surface area contributed by atoms with Gasteiger partial charge in [-0.1, -0.05) is 12.1 Å². The number of methoxy groups -OCH3 is 1. The number of hydrogen-bond donors (Lipinski definition) is 2. The minimum Gasteiger partial charge on any atom is -0.496 e. The molecule has 0 saturated heterocycles. The normalized spacial score (nSPS) is 10.7. The third kappa shape index (κ3) is 4.52. The van der Waals surface area contributed by atoms with Crippen LogP contribution in [-0.4, -0.2) is 36.0 Å². The molecular weight excluding hydrogens is 344 g/mol. The van der Waals surface area contributed by atoms with Crippen LogP contribution >= 0.6 is 0 Å². The summed E-state index contributed by atoms with van der Waals surface area (Å²) in [6.07, 6.45) is 1.53. The smallest absolute Gasteiger partial charge is 0.289 e. The second-order valence-electron chi connectivity index (χ2n) is 5.57. The molecule has 7 nitrogen and oxygen atoms in total. The first-order chi connectivity index (χ1) is 13.2. The van der Waals surface area contributed by atoms with Crippen molar-refractivity contribution in [1.29, 1.82) is 0 Å². The average molecular weight is 364 g/mol. The molecule has 3 aromatic rings.